The van der Waals surface area contributed by atoms with Gasteiger partial charge in [0.2, 0.25) is 5.78 Å². The zero-order valence-corrected chi connectivity index (χ0v) is 14.5. The lowest BCUT2D eigenvalue weighted by molar-refractivity contribution is 0.104. The van der Waals surface area contributed by atoms with Gasteiger partial charge in [0.25, 0.3) is 0 Å². The third kappa shape index (κ3) is 4.62. The van der Waals surface area contributed by atoms with Crippen LogP contribution < -0.4 is 0 Å². The second-order valence-corrected chi connectivity index (χ2v) is 6.97. The number of aryl methyl sites for hydroxylation is 2. The van der Waals surface area contributed by atoms with E-state index in [0.717, 1.165) is 34.7 Å². The van der Waals surface area contributed by atoms with E-state index < -0.39 is 0 Å². The van der Waals surface area contributed by atoms with Crippen LogP contribution in [0.1, 0.15) is 45.1 Å². The average molecular weight is 335 g/mol. The number of unbranched alkanes of at least 4 members (excludes halogenated alkanes) is 2. The van der Waals surface area contributed by atoms with Crippen LogP contribution in [0.3, 0.4) is 0 Å². The van der Waals surface area contributed by atoms with E-state index in [4.69, 9.17) is 0 Å². The van der Waals surface area contributed by atoms with Crippen LogP contribution in [0.4, 0.5) is 0 Å². The number of rotatable bonds is 8. The molecule has 0 atom stereocenters. The van der Waals surface area contributed by atoms with Gasteiger partial charge < -0.3 is 0 Å². The second-order valence-electron chi connectivity index (χ2n) is 5.86. The lowest BCUT2D eigenvalue weighted by Gasteiger charge is -2.00. The highest BCUT2D eigenvalue weighted by atomic mass is 32.1. The third-order valence-electron chi connectivity index (χ3n) is 4.01. The van der Waals surface area contributed by atoms with Gasteiger partial charge in [0.15, 0.2) is 0 Å². The van der Waals surface area contributed by atoms with Crippen molar-refractivity contribution in [2.75, 3.05) is 0 Å². The Bertz CT molecular complexity index is 765. The SMILES string of the molecule is O=C(c1ccccc1)c1cnc(CCCCCc2ccccc2)s1. The summed E-state index contributed by atoms with van der Waals surface area (Å²) in [6, 6.07) is 20.0. The molecule has 0 radical (unpaired) electrons. The van der Waals surface area contributed by atoms with Gasteiger partial charge in [-0.25, -0.2) is 4.98 Å². The molecule has 0 aliphatic rings. The van der Waals surface area contributed by atoms with E-state index in [2.05, 4.69) is 35.3 Å². The van der Waals surface area contributed by atoms with Crippen LogP contribution in [0, 0.1) is 0 Å². The summed E-state index contributed by atoms with van der Waals surface area (Å²) >= 11 is 1.53. The number of aromatic nitrogens is 1. The summed E-state index contributed by atoms with van der Waals surface area (Å²) in [5, 5.41) is 1.06. The van der Waals surface area contributed by atoms with E-state index in [1.165, 1.54) is 29.7 Å². The Morgan fingerprint density at radius 1 is 0.833 bits per heavy atom. The molecule has 3 aromatic rings. The fourth-order valence-electron chi connectivity index (χ4n) is 2.69. The van der Waals surface area contributed by atoms with Gasteiger partial charge in [-0.2, -0.15) is 0 Å². The third-order valence-corrected chi connectivity index (χ3v) is 5.07. The van der Waals surface area contributed by atoms with Gasteiger partial charge in [0.1, 0.15) is 0 Å². The number of ketones is 1. The molecule has 3 rings (SSSR count). The van der Waals surface area contributed by atoms with Crippen molar-refractivity contribution < 1.29 is 4.79 Å². The molecule has 0 spiro atoms. The molecule has 2 nitrogen and oxygen atoms in total. The number of hydrogen-bond donors (Lipinski definition) is 0. The van der Waals surface area contributed by atoms with Crippen molar-refractivity contribution in [1.82, 2.24) is 4.98 Å². The molecule has 0 fully saturated rings. The largest absolute Gasteiger partial charge is 0.288 e. The quantitative estimate of drug-likeness (QED) is 0.411. The molecule has 0 unspecified atom stereocenters. The van der Waals surface area contributed by atoms with Crippen molar-refractivity contribution in [2.45, 2.75) is 32.1 Å². The number of carbonyl (C=O) groups is 1. The molecule has 0 aliphatic heterocycles. The molecule has 0 bridgehead atoms. The number of thiazole rings is 1. The highest BCUT2D eigenvalue weighted by Gasteiger charge is 2.12. The summed E-state index contributed by atoms with van der Waals surface area (Å²) < 4.78 is 0. The van der Waals surface area contributed by atoms with Gasteiger partial charge in [-0.15, -0.1) is 11.3 Å². The maximum Gasteiger partial charge on any atom is 0.204 e. The number of hydrogen-bond acceptors (Lipinski definition) is 3. The first kappa shape index (κ1) is 16.6. The maximum atomic E-state index is 12.4. The predicted molar refractivity (Wildman–Crippen MR) is 99.7 cm³/mol. The van der Waals surface area contributed by atoms with Crippen LogP contribution in [-0.2, 0) is 12.8 Å². The van der Waals surface area contributed by atoms with Crippen molar-refractivity contribution in [1.29, 1.82) is 0 Å². The Hall–Kier alpha value is -2.26. The van der Waals surface area contributed by atoms with Crippen LogP contribution in [0.15, 0.2) is 66.9 Å². The zero-order chi connectivity index (χ0) is 16.6. The molecule has 1 aromatic heterocycles. The number of carbonyl (C=O) groups excluding carboxylic acids is 1. The minimum Gasteiger partial charge on any atom is -0.288 e. The van der Waals surface area contributed by atoms with E-state index in [1.54, 1.807) is 6.20 Å². The predicted octanol–water partition coefficient (Wildman–Crippen LogP) is 5.33. The molecule has 122 valence electrons. The molecule has 0 N–H and O–H groups in total. The Kier molecular flexibility index (Phi) is 5.91. The van der Waals surface area contributed by atoms with Gasteiger partial charge >= 0.3 is 0 Å². The summed E-state index contributed by atoms with van der Waals surface area (Å²) in [6.07, 6.45) is 7.33. The molecular formula is C21H21NOS. The van der Waals surface area contributed by atoms with Gasteiger partial charge in [0.05, 0.1) is 9.88 Å². The molecule has 0 saturated carbocycles. The van der Waals surface area contributed by atoms with Crippen molar-refractivity contribution >= 4 is 17.1 Å². The molecule has 3 heteroatoms. The van der Waals surface area contributed by atoms with E-state index >= 15 is 0 Å². The normalized spacial score (nSPS) is 10.7. The lowest BCUT2D eigenvalue weighted by atomic mass is 10.1. The van der Waals surface area contributed by atoms with Gasteiger partial charge in [0, 0.05) is 11.8 Å². The first-order valence-corrected chi connectivity index (χ1v) is 9.23. The fraction of sp³-hybridized carbons (Fsp3) is 0.238. The van der Waals surface area contributed by atoms with Crippen molar-refractivity contribution in [2.24, 2.45) is 0 Å². The molecule has 0 saturated heterocycles. The van der Waals surface area contributed by atoms with E-state index in [-0.39, 0.29) is 5.78 Å². The second kappa shape index (κ2) is 8.55. The summed E-state index contributed by atoms with van der Waals surface area (Å²) in [5.41, 5.74) is 2.14. The van der Waals surface area contributed by atoms with Crippen LogP contribution in [0.25, 0.3) is 0 Å². The Balaban J connectivity index is 1.44. The van der Waals surface area contributed by atoms with Crippen molar-refractivity contribution in [3.8, 4) is 0 Å². The van der Waals surface area contributed by atoms with E-state index in [9.17, 15) is 4.79 Å². The minimum absolute atomic E-state index is 0.0726. The van der Waals surface area contributed by atoms with Crippen LogP contribution in [0.5, 0.6) is 0 Å². The Morgan fingerprint density at radius 3 is 2.25 bits per heavy atom. The number of nitrogens with zero attached hydrogens (tertiary/aromatic N) is 1. The fourth-order valence-corrected chi connectivity index (χ4v) is 3.61. The summed E-state index contributed by atoms with van der Waals surface area (Å²) in [6.45, 7) is 0. The lowest BCUT2D eigenvalue weighted by Crippen LogP contribution is -1.97. The maximum absolute atomic E-state index is 12.4. The topological polar surface area (TPSA) is 30.0 Å². The van der Waals surface area contributed by atoms with E-state index in [1.807, 2.05) is 30.3 Å². The Morgan fingerprint density at radius 2 is 1.50 bits per heavy atom. The molecular weight excluding hydrogens is 314 g/mol. The first-order chi connectivity index (χ1) is 11.8. The summed E-state index contributed by atoms with van der Waals surface area (Å²) in [5.74, 6) is 0.0726. The smallest absolute Gasteiger partial charge is 0.204 e. The molecule has 2 aromatic carbocycles. The molecule has 0 aliphatic carbocycles. The van der Waals surface area contributed by atoms with Gasteiger partial charge in [-0.05, 0) is 31.2 Å². The van der Waals surface area contributed by atoms with Crippen molar-refractivity contribution in [3.63, 3.8) is 0 Å². The highest BCUT2D eigenvalue weighted by Crippen LogP contribution is 2.19. The van der Waals surface area contributed by atoms with Gasteiger partial charge in [-0.1, -0.05) is 67.1 Å². The summed E-state index contributed by atoms with van der Waals surface area (Å²) in [4.78, 5) is 17.5. The standard InChI is InChI=1S/C21H21NOS/c23-21(18-13-7-3-8-14-18)19-16-22-20(24-19)15-9-2-6-12-17-10-4-1-5-11-17/h1,3-5,7-8,10-11,13-14,16H,2,6,9,12,15H2. The first-order valence-electron chi connectivity index (χ1n) is 8.41. The van der Waals surface area contributed by atoms with Gasteiger partial charge in [-0.3, -0.25) is 4.79 Å². The monoisotopic (exact) mass is 335 g/mol. The zero-order valence-electron chi connectivity index (χ0n) is 13.7. The minimum atomic E-state index is 0.0726. The van der Waals surface area contributed by atoms with E-state index in [0.29, 0.717) is 0 Å². The Labute approximate surface area is 147 Å². The summed E-state index contributed by atoms with van der Waals surface area (Å²) in [7, 11) is 0. The number of benzene rings is 2. The molecule has 24 heavy (non-hydrogen) atoms. The van der Waals surface area contributed by atoms with Crippen LogP contribution >= 0.6 is 11.3 Å². The average Bonchev–Trinajstić information content (AvgIpc) is 3.11. The molecule has 1 heterocycles. The van der Waals surface area contributed by atoms with Crippen LogP contribution in [0.2, 0.25) is 0 Å². The van der Waals surface area contributed by atoms with Crippen molar-refractivity contribution in [3.05, 3.63) is 87.9 Å². The van der Waals surface area contributed by atoms with Crippen LogP contribution in [-0.4, -0.2) is 10.8 Å². The highest BCUT2D eigenvalue weighted by molar-refractivity contribution is 7.13. The molecule has 0 amide bonds.